The van der Waals surface area contributed by atoms with E-state index in [1.54, 1.807) is 12.1 Å². The number of nitrogens with one attached hydrogen (secondary N) is 1. The summed E-state index contributed by atoms with van der Waals surface area (Å²) in [5.41, 5.74) is 3.87. The number of para-hydroxylation sites is 2. The Balaban J connectivity index is 1.36. The molecule has 0 unspecified atom stereocenters. The number of ether oxygens (including phenoxy) is 1. The molecule has 1 aliphatic heterocycles. The second kappa shape index (κ2) is 12.5. The van der Waals surface area contributed by atoms with Gasteiger partial charge in [0.2, 0.25) is 0 Å². The van der Waals surface area contributed by atoms with Gasteiger partial charge in [0.15, 0.2) is 0 Å². The first-order chi connectivity index (χ1) is 18.0. The Kier molecular flexibility index (Phi) is 8.87. The number of carbonyl (C=O) groups excluding carboxylic acids is 1. The average Bonchev–Trinajstić information content (AvgIpc) is 2.93. The highest BCUT2D eigenvalue weighted by Gasteiger charge is 2.27. The maximum absolute atomic E-state index is 13.2. The van der Waals surface area contributed by atoms with Gasteiger partial charge in [0.05, 0.1) is 30.1 Å². The average molecular weight is 504 g/mol. The number of hydrazine groups is 1. The fourth-order valence-electron chi connectivity index (χ4n) is 4.72. The zero-order valence-electron chi connectivity index (χ0n) is 21.6. The number of phenolic OH excluding ortho intramolecular Hbond substituents is 1. The van der Waals surface area contributed by atoms with Crippen molar-refractivity contribution in [2.24, 2.45) is 5.84 Å². The Morgan fingerprint density at radius 1 is 0.973 bits per heavy atom. The van der Waals surface area contributed by atoms with Crippen LogP contribution in [-0.4, -0.2) is 54.5 Å². The number of nitrogens with zero attached hydrogens (tertiary/aromatic N) is 3. The molecule has 2 atom stereocenters. The molecule has 3 aromatic rings. The van der Waals surface area contributed by atoms with Crippen molar-refractivity contribution in [3.63, 3.8) is 0 Å². The van der Waals surface area contributed by atoms with Crippen LogP contribution in [0, 0.1) is 0 Å². The van der Waals surface area contributed by atoms with E-state index in [4.69, 9.17) is 10.6 Å². The third kappa shape index (κ3) is 6.72. The van der Waals surface area contributed by atoms with E-state index < -0.39 is 0 Å². The van der Waals surface area contributed by atoms with Crippen molar-refractivity contribution in [2.75, 3.05) is 41.3 Å². The summed E-state index contributed by atoms with van der Waals surface area (Å²) in [6, 6.07) is 24.4. The van der Waals surface area contributed by atoms with Crippen LogP contribution in [0.2, 0.25) is 0 Å². The monoisotopic (exact) mass is 503 g/mol. The van der Waals surface area contributed by atoms with Gasteiger partial charge in [-0.05, 0) is 55.3 Å². The van der Waals surface area contributed by atoms with Crippen LogP contribution in [-0.2, 0) is 11.3 Å². The summed E-state index contributed by atoms with van der Waals surface area (Å²) in [6.45, 7) is 7.71. The maximum atomic E-state index is 13.2. The summed E-state index contributed by atoms with van der Waals surface area (Å²) >= 11 is 0. The minimum Gasteiger partial charge on any atom is -0.508 e. The van der Waals surface area contributed by atoms with E-state index in [1.165, 1.54) is 5.01 Å². The molecule has 0 spiro atoms. The van der Waals surface area contributed by atoms with E-state index in [-0.39, 0.29) is 23.9 Å². The quantitative estimate of drug-likeness (QED) is 0.220. The molecule has 1 aliphatic rings. The molecule has 8 heteroatoms. The Labute approximate surface area is 219 Å². The van der Waals surface area contributed by atoms with Gasteiger partial charge in [-0.15, -0.1) is 0 Å². The highest BCUT2D eigenvalue weighted by Crippen LogP contribution is 2.28. The zero-order valence-corrected chi connectivity index (χ0v) is 21.6. The second-order valence-electron chi connectivity index (χ2n) is 9.32. The first-order valence-electron chi connectivity index (χ1n) is 12.8. The van der Waals surface area contributed by atoms with Crippen LogP contribution in [0.4, 0.5) is 21.9 Å². The third-order valence-corrected chi connectivity index (χ3v) is 6.89. The summed E-state index contributed by atoms with van der Waals surface area (Å²) in [4.78, 5) is 17.7. The van der Waals surface area contributed by atoms with Gasteiger partial charge in [0.1, 0.15) is 5.75 Å². The van der Waals surface area contributed by atoms with Crippen molar-refractivity contribution in [1.82, 2.24) is 5.01 Å². The highest BCUT2D eigenvalue weighted by molar-refractivity contribution is 5.93. The number of nitrogens with two attached hydrogens (primary N) is 1. The molecule has 0 radical (unpaired) electrons. The number of hydrogen-bond acceptors (Lipinski definition) is 6. The van der Waals surface area contributed by atoms with Gasteiger partial charge in [-0.2, -0.15) is 0 Å². The molecule has 0 aliphatic carbocycles. The Morgan fingerprint density at radius 3 is 2.27 bits per heavy atom. The summed E-state index contributed by atoms with van der Waals surface area (Å²) in [5, 5.41) is 13.8. The lowest BCUT2D eigenvalue weighted by Crippen LogP contribution is -2.52. The van der Waals surface area contributed by atoms with E-state index in [1.807, 2.05) is 80.6 Å². The zero-order chi connectivity index (χ0) is 26.2. The van der Waals surface area contributed by atoms with Gasteiger partial charge in [-0.3, -0.25) is 5.01 Å². The number of aromatic hydroxyl groups is 1. The number of piperazine rings is 1. The molecule has 1 heterocycles. The van der Waals surface area contributed by atoms with Crippen LogP contribution in [0.15, 0.2) is 78.9 Å². The Morgan fingerprint density at radius 2 is 1.59 bits per heavy atom. The highest BCUT2D eigenvalue weighted by atomic mass is 16.5. The lowest BCUT2D eigenvalue weighted by molar-refractivity contribution is -0.00214. The van der Waals surface area contributed by atoms with Crippen LogP contribution in [0.25, 0.3) is 0 Å². The number of phenols is 1. The molecule has 1 fully saturated rings. The summed E-state index contributed by atoms with van der Waals surface area (Å²) in [5.74, 6) is 6.58. The topological polar surface area (TPSA) is 94.3 Å². The molecule has 0 bridgehead atoms. The largest absolute Gasteiger partial charge is 0.508 e. The van der Waals surface area contributed by atoms with Crippen LogP contribution >= 0.6 is 0 Å². The number of benzene rings is 3. The lowest BCUT2D eigenvalue weighted by Gasteiger charge is -2.38. The molecular formula is C29H37N5O3. The number of anilines is 3. The van der Waals surface area contributed by atoms with Crippen LogP contribution in [0.5, 0.6) is 5.75 Å². The normalized spacial score (nSPS) is 15.2. The SMILES string of the molecule is CC[C@H]([C@@H](C)OCc1ccccc1)N(N)C(=O)Nc1ccccc1N1CCN(c2ccc(O)cc2)CC1. The molecule has 2 amide bonds. The smallest absolute Gasteiger partial charge is 0.336 e. The fraction of sp³-hybridized carbons (Fsp3) is 0.345. The molecule has 37 heavy (non-hydrogen) atoms. The van der Waals surface area contributed by atoms with Gasteiger partial charge in [-0.1, -0.05) is 49.4 Å². The van der Waals surface area contributed by atoms with Gasteiger partial charge >= 0.3 is 6.03 Å². The molecule has 8 nitrogen and oxygen atoms in total. The molecule has 4 rings (SSSR count). The molecule has 3 aromatic carbocycles. The third-order valence-electron chi connectivity index (χ3n) is 6.89. The first-order valence-corrected chi connectivity index (χ1v) is 12.8. The minimum atomic E-state index is -0.364. The summed E-state index contributed by atoms with van der Waals surface area (Å²) in [6.07, 6.45) is 0.435. The van der Waals surface area contributed by atoms with Gasteiger partial charge < -0.3 is 25.0 Å². The maximum Gasteiger partial charge on any atom is 0.336 e. The van der Waals surface area contributed by atoms with E-state index in [0.717, 1.165) is 48.8 Å². The number of urea groups is 1. The molecule has 1 saturated heterocycles. The standard InChI is InChI=1S/C29H37N5O3/c1-3-27(22(2)37-21-23-9-5-4-6-10-23)34(30)29(36)31-26-11-7-8-12-28(26)33-19-17-32(18-20-33)24-13-15-25(35)16-14-24/h4-16,22,27,35H,3,17-21,30H2,1-2H3,(H,31,36)/t22-,27-/m1/s1. The second-order valence-corrected chi connectivity index (χ2v) is 9.32. The van der Waals surface area contributed by atoms with Crippen molar-refractivity contribution < 1.29 is 14.6 Å². The Bertz CT molecular complexity index is 1130. The predicted molar refractivity (Wildman–Crippen MR) is 149 cm³/mol. The van der Waals surface area contributed by atoms with Crippen LogP contribution in [0.3, 0.4) is 0 Å². The molecule has 4 N–H and O–H groups in total. The summed E-state index contributed by atoms with van der Waals surface area (Å²) in [7, 11) is 0. The molecular weight excluding hydrogens is 466 g/mol. The number of rotatable bonds is 9. The Hall–Kier alpha value is -3.75. The van der Waals surface area contributed by atoms with E-state index >= 15 is 0 Å². The van der Waals surface area contributed by atoms with E-state index in [2.05, 4.69) is 15.1 Å². The van der Waals surface area contributed by atoms with Crippen molar-refractivity contribution in [2.45, 2.75) is 39.0 Å². The van der Waals surface area contributed by atoms with Crippen LogP contribution < -0.4 is 21.0 Å². The first kappa shape index (κ1) is 26.3. The van der Waals surface area contributed by atoms with Crippen molar-refractivity contribution in [3.05, 3.63) is 84.4 Å². The van der Waals surface area contributed by atoms with Crippen LogP contribution in [0.1, 0.15) is 25.8 Å². The van der Waals surface area contributed by atoms with Crippen molar-refractivity contribution in [1.29, 1.82) is 0 Å². The lowest BCUT2D eigenvalue weighted by atomic mass is 10.1. The van der Waals surface area contributed by atoms with E-state index in [0.29, 0.717) is 13.0 Å². The van der Waals surface area contributed by atoms with Gasteiger partial charge in [0.25, 0.3) is 0 Å². The minimum absolute atomic E-state index is 0.232. The van der Waals surface area contributed by atoms with Crippen molar-refractivity contribution >= 4 is 23.1 Å². The number of amides is 2. The molecule has 196 valence electrons. The molecule has 0 aromatic heterocycles. The number of hydrogen-bond donors (Lipinski definition) is 3. The van der Waals surface area contributed by atoms with Crippen molar-refractivity contribution in [3.8, 4) is 5.75 Å². The fourth-order valence-corrected chi connectivity index (χ4v) is 4.72. The number of carbonyl (C=O) groups is 1. The van der Waals surface area contributed by atoms with E-state index in [9.17, 15) is 9.90 Å². The van der Waals surface area contributed by atoms with Gasteiger partial charge in [-0.25, -0.2) is 10.6 Å². The van der Waals surface area contributed by atoms with Gasteiger partial charge in [0, 0.05) is 31.9 Å². The summed E-state index contributed by atoms with van der Waals surface area (Å²) < 4.78 is 6.05. The predicted octanol–water partition coefficient (Wildman–Crippen LogP) is 4.81. The molecule has 0 saturated carbocycles.